The third-order valence-corrected chi connectivity index (χ3v) is 2.92. The fourth-order valence-electron chi connectivity index (χ4n) is 1.87. The van der Waals surface area contributed by atoms with E-state index in [1.165, 1.54) is 12.1 Å². The van der Waals surface area contributed by atoms with Crippen LogP contribution in [0.5, 0.6) is 0 Å². The summed E-state index contributed by atoms with van der Waals surface area (Å²) in [7, 11) is 0. The summed E-state index contributed by atoms with van der Waals surface area (Å²) >= 11 is 0. The lowest BCUT2D eigenvalue weighted by Gasteiger charge is -2.08. The molecule has 108 valence electrons. The van der Waals surface area contributed by atoms with Crippen molar-refractivity contribution < 1.29 is 24.9 Å². The first kappa shape index (κ1) is 14.7. The van der Waals surface area contributed by atoms with Gasteiger partial charge in [0.15, 0.2) is 0 Å². The molecule has 0 saturated carbocycles. The second-order valence-corrected chi connectivity index (χ2v) is 4.53. The Morgan fingerprint density at radius 2 is 1.62 bits per heavy atom. The molecule has 21 heavy (non-hydrogen) atoms. The minimum absolute atomic E-state index is 0.130. The van der Waals surface area contributed by atoms with Crippen molar-refractivity contribution in [2.75, 3.05) is 0 Å². The van der Waals surface area contributed by atoms with E-state index < -0.39 is 18.0 Å². The zero-order valence-corrected chi connectivity index (χ0v) is 11.1. The minimum Gasteiger partial charge on any atom is -0.478 e. The molecule has 6 nitrogen and oxygen atoms in total. The second-order valence-electron chi connectivity index (χ2n) is 4.53. The molecule has 2 aromatic rings. The van der Waals surface area contributed by atoms with Crippen LogP contribution in [0.3, 0.4) is 0 Å². The van der Waals surface area contributed by atoms with E-state index in [0.29, 0.717) is 17.0 Å². The van der Waals surface area contributed by atoms with E-state index in [4.69, 9.17) is 10.2 Å². The van der Waals surface area contributed by atoms with Crippen LogP contribution in [0, 0.1) is 0 Å². The molecule has 0 bridgehead atoms. The number of aromatic nitrogens is 1. The number of carboxylic acid groups (broad SMARTS) is 2. The Morgan fingerprint density at radius 1 is 1.05 bits per heavy atom. The normalized spacial score (nSPS) is 11.9. The number of carbonyl (C=O) groups is 2. The molecule has 0 saturated heterocycles. The quantitative estimate of drug-likeness (QED) is 0.795. The monoisotopic (exact) mass is 287 g/mol. The van der Waals surface area contributed by atoms with Gasteiger partial charge in [-0.1, -0.05) is 6.07 Å². The maximum Gasteiger partial charge on any atom is 0.335 e. The van der Waals surface area contributed by atoms with Crippen molar-refractivity contribution in [2.45, 2.75) is 13.0 Å². The van der Waals surface area contributed by atoms with Gasteiger partial charge in [0.25, 0.3) is 0 Å². The lowest BCUT2D eigenvalue weighted by Crippen LogP contribution is -2.04. The Labute approximate surface area is 120 Å². The highest BCUT2D eigenvalue weighted by Gasteiger charge is 2.13. The van der Waals surface area contributed by atoms with Crippen molar-refractivity contribution in [1.29, 1.82) is 0 Å². The lowest BCUT2D eigenvalue weighted by molar-refractivity contribution is 0.0696. The number of pyridine rings is 1. The Kier molecular flexibility index (Phi) is 4.00. The predicted molar refractivity (Wildman–Crippen MR) is 74.2 cm³/mol. The van der Waals surface area contributed by atoms with Gasteiger partial charge in [-0.25, -0.2) is 9.59 Å². The zero-order valence-electron chi connectivity index (χ0n) is 11.1. The summed E-state index contributed by atoms with van der Waals surface area (Å²) in [5.41, 5.74) is 0.933. The van der Waals surface area contributed by atoms with E-state index in [9.17, 15) is 14.7 Å². The highest BCUT2D eigenvalue weighted by atomic mass is 16.4. The van der Waals surface area contributed by atoms with Gasteiger partial charge in [-0.05, 0) is 37.3 Å². The van der Waals surface area contributed by atoms with Gasteiger partial charge in [-0.15, -0.1) is 0 Å². The van der Waals surface area contributed by atoms with E-state index in [0.717, 1.165) is 6.07 Å². The Bertz CT molecular complexity index is 677. The molecule has 0 aliphatic carbocycles. The fourth-order valence-corrected chi connectivity index (χ4v) is 1.87. The van der Waals surface area contributed by atoms with Crippen LogP contribution >= 0.6 is 0 Å². The lowest BCUT2D eigenvalue weighted by atomic mass is 10.0. The number of benzene rings is 1. The molecule has 3 N–H and O–H groups in total. The molecule has 1 aromatic heterocycles. The SMILES string of the molecule is C[C@@H](O)c1cccc(-c2cc(C(=O)O)cc(C(=O)O)c2)n1. The van der Waals surface area contributed by atoms with E-state index in [-0.39, 0.29) is 11.1 Å². The van der Waals surface area contributed by atoms with Crippen molar-refractivity contribution in [3.8, 4) is 11.3 Å². The molecule has 1 heterocycles. The molecule has 0 amide bonds. The van der Waals surface area contributed by atoms with Crippen molar-refractivity contribution in [2.24, 2.45) is 0 Å². The van der Waals surface area contributed by atoms with Crippen LogP contribution in [0.2, 0.25) is 0 Å². The van der Waals surface area contributed by atoms with Gasteiger partial charge < -0.3 is 15.3 Å². The van der Waals surface area contributed by atoms with Gasteiger partial charge in [-0.3, -0.25) is 4.98 Å². The molecule has 6 heteroatoms. The summed E-state index contributed by atoms with van der Waals surface area (Å²) < 4.78 is 0. The molecule has 1 aromatic carbocycles. The highest BCUT2D eigenvalue weighted by molar-refractivity contribution is 5.95. The smallest absolute Gasteiger partial charge is 0.335 e. The van der Waals surface area contributed by atoms with Crippen molar-refractivity contribution >= 4 is 11.9 Å². The van der Waals surface area contributed by atoms with Gasteiger partial charge >= 0.3 is 11.9 Å². The first-order valence-electron chi connectivity index (χ1n) is 6.15. The number of aliphatic hydroxyl groups excluding tert-OH is 1. The summed E-state index contributed by atoms with van der Waals surface area (Å²) in [6, 6.07) is 8.71. The minimum atomic E-state index is -1.22. The predicted octanol–water partition coefficient (Wildman–Crippen LogP) is 2.20. The number of hydrogen-bond donors (Lipinski definition) is 3. The fraction of sp³-hybridized carbons (Fsp3) is 0.133. The molecular formula is C15H13NO5. The maximum atomic E-state index is 11.1. The standard InChI is InChI=1S/C15H13NO5/c1-8(17)12-3-2-4-13(16-12)9-5-10(14(18)19)7-11(6-9)15(20)21/h2-8,17H,1H3,(H,18,19)(H,20,21)/t8-/m1/s1. The van der Waals surface area contributed by atoms with Crippen LogP contribution < -0.4 is 0 Å². The molecule has 2 rings (SSSR count). The summed E-state index contributed by atoms with van der Waals surface area (Å²) in [5, 5.41) is 27.6. The third kappa shape index (κ3) is 3.24. The molecule has 1 atom stereocenters. The summed E-state index contributed by atoms with van der Waals surface area (Å²) in [5.74, 6) is -2.43. The zero-order chi connectivity index (χ0) is 15.6. The number of nitrogens with zero attached hydrogens (tertiary/aromatic N) is 1. The molecule has 0 unspecified atom stereocenters. The first-order chi connectivity index (χ1) is 9.88. The summed E-state index contributed by atoms with van der Waals surface area (Å²) in [6.07, 6.45) is -0.772. The summed E-state index contributed by atoms with van der Waals surface area (Å²) in [6.45, 7) is 1.56. The van der Waals surface area contributed by atoms with Gasteiger partial charge in [0.1, 0.15) is 0 Å². The Hall–Kier alpha value is -2.73. The first-order valence-corrected chi connectivity index (χ1v) is 6.15. The van der Waals surface area contributed by atoms with Gasteiger partial charge in [0, 0.05) is 5.56 Å². The molecule has 0 fully saturated rings. The summed E-state index contributed by atoms with van der Waals surface area (Å²) in [4.78, 5) is 26.4. The number of rotatable bonds is 4. The maximum absolute atomic E-state index is 11.1. The molecule has 0 aliphatic heterocycles. The van der Waals surface area contributed by atoms with Gasteiger partial charge in [0.2, 0.25) is 0 Å². The van der Waals surface area contributed by atoms with Gasteiger partial charge in [-0.2, -0.15) is 0 Å². The molecule has 0 radical (unpaired) electrons. The number of aliphatic hydroxyl groups is 1. The van der Waals surface area contributed by atoms with Crippen molar-refractivity contribution in [3.63, 3.8) is 0 Å². The average molecular weight is 287 g/mol. The van der Waals surface area contributed by atoms with Gasteiger partial charge in [0.05, 0.1) is 28.6 Å². The largest absolute Gasteiger partial charge is 0.478 e. The molecule has 0 aliphatic rings. The van der Waals surface area contributed by atoms with E-state index in [1.807, 2.05) is 0 Å². The van der Waals surface area contributed by atoms with E-state index in [2.05, 4.69) is 4.98 Å². The van der Waals surface area contributed by atoms with Crippen molar-refractivity contribution in [3.05, 3.63) is 53.2 Å². The van der Waals surface area contributed by atoms with Crippen LogP contribution in [0.25, 0.3) is 11.3 Å². The van der Waals surface area contributed by atoms with Crippen LogP contribution in [0.4, 0.5) is 0 Å². The molecular weight excluding hydrogens is 274 g/mol. The van der Waals surface area contributed by atoms with Crippen LogP contribution in [-0.4, -0.2) is 32.2 Å². The topological polar surface area (TPSA) is 108 Å². The average Bonchev–Trinajstić information content (AvgIpc) is 2.46. The number of aromatic carboxylic acids is 2. The Morgan fingerprint density at radius 3 is 2.10 bits per heavy atom. The van der Waals surface area contributed by atoms with Crippen LogP contribution in [-0.2, 0) is 0 Å². The van der Waals surface area contributed by atoms with Crippen LogP contribution in [0.15, 0.2) is 36.4 Å². The van der Waals surface area contributed by atoms with Crippen molar-refractivity contribution in [1.82, 2.24) is 4.98 Å². The Balaban J connectivity index is 2.60. The third-order valence-electron chi connectivity index (χ3n) is 2.92. The number of carboxylic acids is 2. The molecule has 0 spiro atoms. The number of hydrogen-bond acceptors (Lipinski definition) is 4. The highest BCUT2D eigenvalue weighted by Crippen LogP contribution is 2.23. The van der Waals surface area contributed by atoms with Crippen LogP contribution in [0.1, 0.15) is 39.4 Å². The second kappa shape index (κ2) is 5.72. The van der Waals surface area contributed by atoms with E-state index >= 15 is 0 Å². The van der Waals surface area contributed by atoms with E-state index in [1.54, 1.807) is 25.1 Å².